The molecule has 31 heavy (non-hydrogen) atoms. The minimum atomic E-state index is -4.61. The van der Waals surface area contributed by atoms with Crippen LogP contribution in [0, 0.1) is 0 Å². The zero-order valence-electron chi connectivity index (χ0n) is 16.2. The Kier molecular flexibility index (Phi) is 6.90. The molecule has 2 amide bonds. The average molecular weight is 450 g/mol. The number of carbonyl (C=O) groups excluding carboxylic acids is 2. The highest BCUT2D eigenvalue weighted by Gasteiger charge is 2.33. The van der Waals surface area contributed by atoms with Gasteiger partial charge in [-0.05, 0) is 34.7 Å². The Bertz CT molecular complexity index is 1060. The number of nitrogens with zero attached hydrogens (tertiary/aromatic N) is 5. The van der Waals surface area contributed by atoms with Crippen molar-refractivity contribution < 1.29 is 22.8 Å². The Labute approximate surface area is 179 Å². The molecular weight excluding hydrogens is 433 g/mol. The number of likely N-dealkylation sites (N-methyl/N-ethyl adjacent to an activating group) is 1. The van der Waals surface area contributed by atoms with Crippen LogP contribution in [-0.4, -0.2) is 56.3 Å². The summed E-state index contributed by atoms with van der Waals surface area (Å²) in [4.78, 5) is 25.7. The molecule has 3 aromatic rings. The smallest absolute Gasteiger partial charge is 0.336 e. The second-order valence-electron chi connectivity index (χ2n) is 6.34. The number of carbonyl (C=O) groups is 2. The molecule has 12 heteroatoms. The van der Waals surface area contributed by atoms with Crippen LogP contribution in [0.15, 0.2) is 59.8 Å². The highest BCUT2D eigenvalue weighted by molar-refractivity contribution is 7.99. The summed E-state index contributed by atoms with van der Waals surface area (Å²) in [6.45, 7) is -0.408. The zero-order chi connectivity index (χ0) is 22.4. The lowest BCUT2D eigenvalue weighted by Gasteiger charge is -2.18. The van der Waals surface area contributed by atoms with E-state index in [-0.39, 0.29) is 11.4 Å². The Morgan fingerprint density at radius 3 is 2.48 bits per heavy atom. The molecule has 1 aromatic heterocycles. The van der Waals surface area contributed by atoms with E-state index in [1.807, 2.05) is 18.2 Å². The van der Waals surface area contributed by atoms with Gasteiger partial charge in [-0.3, -0.25) is 9.59 Å². The second-order valence-corrected chi connectivity index (χ2v) is 7.28. The second kappa shape index (κ2) is 9.60. The molecule has 0 atom stereocenters. The molecule has 0 aliphatic carbocycles. The van der Waals surface area contributed by atoms with Gasteiger partial charge in [0, 0.05) is 7.05 Å². The van der Waals surface area contributed by atoms with Gasteiger partial charge in [0.25, 0.3) is 0 Å². The molecular formula is C19H17F3N6O2S. The number of tetrazole rings is 1. The molecule has 0 spiro atoms. The number of alkyl halides is 3. The minimum Gasteiger partial charge on any atom is -0.336 e. The molecule has 8 nitrogen and oxygen atoms in total. The highest BCUT2D eigenvalue weighted by atomic mass is 32.2. The number of hydrogen-bond donors (Lipinski definition) is 1. The maximum Gasteiger partial charge on any atom is 0.418 e. The Hall–Kier alpha value is -3.41. The molecule has 0 aliphatic heterocycles. The molecule has 0 bridgehead atoms. The van der Waals surface area contributed by atoms with E-state index in [0.717, 1.165) is 34.5 Å². The van der Waals surface area contributed by atoms with Gasteiger partial charge in [0.15, 0.2) is 0 Å². The molecule has 0 fully saturated rings. The summed E-state index contributed by atoms with van der Waals surface area (Å²) < 4.78 is 40.6. The molecule has 1 heterocycles. The summed E-state index contributed by atoms with van der Waals surface area (Å²) in [5.41, 5.74) is -0.601. The van der Waals surface area contributed by atoms with E-state index in [0.29, 0.717) is 5.16 Å². The summed E-state index contributed by atoms with van der Waals surface area (Å²) in [7, 11) is 1.39. The maximum absolute atomic E-state index is 13.0. The van der Waals surface area contributed by atoms with Crippen molar-refractivity contribution in [3.05, 3.63) is 60.2 Å². The van der Waals surface area contributed by atoms with Gasteiger partial charge in [0.05, 0.1) is 29.2 Å². The Balaban J connectivity index is 1.56. The third-order valence-corrected chi connectivity index (χ3v) is 4.98. The molecule has 0 saturated heterocycles. The summed E-state index contributed by atoms with van der Waals surface area (Å²) >= 11 is 1.08. The van der Waals surface area contributed by atoms with Crippen molar-refractivity contribution >= 4 is 29.3 Å². The molecule has 0 radical (unpaired) electrons. The third-order valence-electron chi connectivity index (χ3n) is 4.08. The van der Waals surface area contributed by atoms with Crippen molar-refractivity contribution in [3.63, 3.8) is 0 Å². The normalized spacial score (nSPS) is 11.2. The monoisotopic (exact) mass is 450 g/mol. The van der Waals surface area contributed by atoms with Gasteiger partial charge in [-0.25, -0.2) is 0 Å². The summed E-state index contributed by atoms with van der Waals surface area (Å²) in [5, 5.41) is 14.0. The van der Waals surface area contributed by atoms with E-state index in [1.165, 1.54) is 23.9 Å². The average Bonchev–Trinajstić information content (AvgIpc) is 3.20. The molecule has 1 N–H and O–H groups in total. The zero-order valence-corrected chi connectivity index (χ0v) is 17.0. The van der Waals surface area contributed by atoms with Crippen molar-refractivity contribution in [2.24, 2.45) is 0 Å². The molecule has 3 rings (SSSR count). The number of thioether (sulfide) groups is 1. The predicted molar refractivity (Wildman–Crippen MR) is 108 cm³/mol. The molecule has 0 aliphatic rings. The fraction of sp³-hybridized carbons (Fsp3) is 0.211. The molecule has 2 aromatic carbocycles. The van der Waals surface area contributed by atoms with Gasteiger partial charge >= 0.3 is 6.18 Å². The number of rotatable bonds is 7. The van der Waals surface area contributed by atoms with E-state index < -0.39 is 30.1 Å². The van der Waals surface area contributed by atoms with E-state index in [9.17, 15) is 22.8 Å². The van der Waals surface area contributed by atoms with Gasteiger partial charge in [0.1, 0.15) is 0 Å². The number of anilines is 1. The van der Waals surface area contributed by atoms with Crippen LogP contribution in [0.2, 0.25) is 0 Å². The quantitative estimate of drug-likeness (QED) is 0.557. The van der Waals surface area contributed by atoms with E-state index in [4.69, 9.17) is 0 Å². The van der Waals surface area contributed by atoms with Gasteiger partial charge < -0.3 is 10.2 Å². The standard InChI is InChI=1S/C19H17F3N6O2S/c1-27(11-16(29)23-15-10-6-5-9-14(15)19(20,21)22)17(30)12-31-18-24-25-26-28(18)13-7-3-2-4-8-13/h2-10H,11-12H2,1H3,(H,23,29). The summed E-state index contributed by atoms with van der Waals surface area (Å²) in [5.74, 6) is -1.21. The SMILES string of the molecule is CN(CC(=O)Nc1ccccc1C(F)(F)F)C(=O)CSc1nnnn1-c1ccccc1. The van der Waals surface area contributed by atoms with Crippen molar-refractivity contribution in [2.75, 3.05) is 24.7 Å². The predicted octanol–water partition coefficient (Wildman–Crippen LogP) is 2.87. The minimum absolute atomic E-state index is 0.0594. The van der Waals surface area contributed by atoms with Crippen LogP contribution >= 0.6 is 11.8 Å². The van der Waals surface area contributed by atoms with Crippen LogP contribution in [0.1, 0.15) is 5.56 Å². The lowest BCUT2D eigenvalue weighted by atomic mass is 10.1. The first-order valence-electron chi connectivity index (χ1n) is 8.92. The fourth-order valence-electron chi connectivity index (χ4n) is 2.57. The van der Waals surface area contributed by atoms with Crippen LogP contribution in [0.25, 0.3) is 5.69 Å². The van der Waals surface area contributed by atoms with Crippen molar-refractivity contribution in [1.29, 1.82) is 0 Å². The molecule has 0 saturated carbocycles. The number of benzene rings is 2. The number of amides is 2. The van der Waals surface area contributed by atoms with Gasteiger partial charge in [0.2, 0.25) is 17.0 Å². The Morgan fingerprint density at radius 2 is 1.77 bits per heavy atom. The highest BCUT2D eigenvalue weighted by Crippen LogP contribution is 2.34. The van der Waals surface area contributed by atoms with E-state index in [2.05, 4.69) is 20.8 Å². The van der Waals surface area contributed by atoms with Gasteiger partial charge in [-0.1, -0.05) is 42.1 Å². The van der Waals surface area contributed by atoms with Gasteiger partial charge in [-0.2, -0.15) is 17.9 Å². The van der Waals surface area contributed by atoms with Crippen LogP contribution in [-0.2, 0) is 15.8 Å². The van der Waals surface area contributed by atoms with Crippen molar-refractivity contribution in [3.8, 4) is 5.69 Å². The largest absolute Gasteiger partial charge is 0.418 e. The third kappa shape index (κ3) is 5.81. The van der Waals surface area contributed by atoms with E-state index >= 15 is 0 Å². The van der Waals surface area contributed by atoms with Crippen molar-refractivity contribution in [2.45, 2.75) is 11.3 Å². The first kappa shape index (κ1) is 22.3. The maximum atomic E-state index is 13.0. The first-order valence-corrected chi connectivity index (χ1v) is 9.91. The number of nitrogens with one attached hydrogen (secondary N) is 1. The fourth-order valence-corrected chi connectivity index (χ4v) is 3.40. The molecule has 0 unspecified atom stereocenters. The summed E-state index contributed by atoms with van der Waals surface area (Å²) in [6, 6.07) is 13.7. The van der Waals surface area contributed by atoms with Crippen LogP contribution in [0.4, 0.5) is 18.9 Å². The molecule has 162 valence electrons. The van der Waals surface area contributed by atoms with Crippen LogP contribution < -0.4 is 5.32 Å². The van der Waals surface area contributed by atoms with Gasteiger partial charge in [-0.15, -0.1) is 5.10 Å². The lowest BCUT2D eigenvalue weighted by Crippen LogP contribution is -2.36. The number of para-hydroxylation sites is 2. The van der Waals surface area contributed by atoms with Crippen LogP contribution in [0.3, 0.4) is 0 Å². The van der Waals surface area contributed by atoms with Crippen LogP contribution in [0.5, 0.6) is 0 Å². The first-order chi connectivity index (χ1) is 14.8. The number of halogens is 3. The van der Waals surface area contributed by atoms with E-state index in [1.54, 1.807) is 12.1 Å². The number of hydrogen-bond acceptors (Lipinski definition) is 6. The summed E-state index contributed by atoms with van der Waals surface area (Å²) in [6.07, 6.45) is -4.61. The van der Waals surface area contributed by atoms with Crippen molar-refractivity contribution in [1.82, 2.24) is 25.1 Å². The Morgan fingerprint density at radius 1 is 1.10 bits per heavy atom. The number of aromatic nitrogens is 4. The topological polar surface area (TPSA) is 93.0 Å². The lowest BCUT2D eigenvalue weighted by molar-refractivity contribution is -0.137.